The molecule has 1 atom stereocenters. The molecule has 0 radical (unpaired) electrons. The van der Waals surface area contributed by atoms with Crippen LogP contribution in [0.2, 0.25) is 18.6 Å². The van der Waals surface area contributed by atoms with E-state index in [9.17, 15) is 0 Å². The van der Waals surface area contributed by atoms with Gasteiger partial charge in [-0.15, -0.1) is 0 Å². The van der Waals surface area contributed by atoms with Gasteiger partial charge >= 0.3 is 0 Å². The first-order valence-electron chi connectivity index (χ1n) is 12.6. The van der Waals surface area contributed by atoms with Crippen LogP contribution in [-0.4, -0.2) is 35.2 Å². The molecule has 0 saturated heterocycles. The Morgan fingerprint density at radius 2 is 0.919 bits per heavy atom. The molecule has 0 saturated carbocycles. The number of ether oxygens (including phenoxy) is 3. The van der Waals surface area contributed by atoms with Gasteiger partial charge in [0.15, 0.2) is 0 Å². The first kappa shape index (κ1) is 26.8. The van der Waals surface area contributed by atoms with Gasteiger partial charge in [-0.1, -0.05) is 97.7 Å². The van der Waals surface area contributed by atoms with Crippen LogP contribution in [0.15, 0.2) is 103 Å². The molecule has 0 aliphatic carbocycles. The highest BCUT2D eigenvalue weighted by Gasteiger charge is 2.34. The zero-order chi connectivity index (χ0) is 26.5. The monoisotopic (exact) mass is 528 g/mol. The Balaban J connectivity index is 2.05. The van der Waals surface area contributed by atoms with Crippen molar-refractivity contribution in [2.24, 2.45) is 0 Å². The summed E-state index contributed by atoms with van der Waals surface area (Å²) in [7, 11) is 3.30. The summed E-state index contributed by atoms with van der Waals surface area (Å²) in [6.45, 7) is 5.19. The fraction of sp³-hybridized carbons (Fsp3) is 0.219. The molecule has 0 bridgehead atoms. The first-order chi connectivity index (χ1) is 17.8. The summed E-state index contributed by atoms with van der Waals surface area (Å²) in [6.07, 6.45) is 0. The molecule has 0 amide bonds. The van der Waals surface area contributed by atoms with Crippen molar-refractivity contribution >= 4 is 41.9 Å². The third-order valence-electron chi connectivity index (χ3n) is 7.54. The van der Waals surface area contributed by atoms with E-state index in [0.29, 0.717) is 5.54 Å². The highest BCUT2D eigenvalue weighted by atomic mass is 31.2. The maximum absolute atomic E-state index is 5.52. The van der Waals surface area contributed by atoms with Gasteiger partial charge in [0.1, 0.15) is 17.2 Å². The molecule has 0 N–H and O–H groups in total. The minimum atomic E-state index is -2.17. The van der Waals surface area contributed by atoms with Crippen LogP contribution in [0, 0.1) is 0 Å². The van der Waals surface area contributed by atoms with Crippen LogP contribution in [0.5, 0.6) is 17.2 Å². The molecule has 0 aliphatic heterocycles. The molecule has 4 rings (SSSR count). The third-order valence-corrected chi connectivity index (χ3v) is 16.3. The standard InChI is InChI=1S/C32H37O3PSi/c1-25(37(5,6)32-10-8-7-9-11-32)24-36(29-18-12-26(33-2)13-19-29,30-20-14-27(34-3)15-21-30)31-22-16-28(35-4)17-23-31/h7-25H,1-6H3. The summed E-state index contributed by atoms with van der Waals surface area (Å²) < 4.78 is 16.6. The molecular weight excluding hydrogens is 491 g/mol. The van der Waals surface area contributed by atoms with Crippen molar-refractivity contribution in [3.05, 3.63) is 103 Å². The second-order valence-electron chi connectivity index (χ2n) is 9.84. The number of rotatable bonds is 9. The third kappa shape index (κ3) is 5.41. The van der Waals surface area contributed by atoms with Gasteiger partial charge in [0.25, 0.3) is 0 Å². The van der Waals surface area contributed by atoms with E-state index in [1.54, 1.807) is 21.3 Å². The Labute approximate surface area is 223 Å². The average Bonchev–Trinajstić information content (AvgIpc) is 2.96. The van der Waals surface area contributed by atoms with Crippen molar-refractivity contribution in [2.75, 3.05) is 21.3 Å². The summed E-state index contributed by atoms with van der Waals surface area (Å²) in [6, 6.07) is 36.9. The summed E-state index contributed by atoms with van der Waals surface area (Å²) in [5, 5.41) is 5.37. The Morgan fingerprint density at radius 3 is 1.24 bits per heavy atom. The van der Waals surface area contributed by atoms with Gasteiger partial charge in [0, 0.05) is 0 Å². The van der Waals surface area contributed by atoms with Gasteiger partial charge in [0.2, 0.25) is 0 Å². The van der Waals surface area contributed by atoms with Crippen molar-refractivity contribution in [2.45, 2.75) is 25.6 Å². The molecule has 3 nitrogen and oxygen atoms in total. The normalized spacial score (nSPS) is 12.5. The molecule has 5 heteroatoms. The minimum Gasteiger partial charge on any atom is -0.497 e. The Kier molecular flexibility index (Phi) is 8.31. The second kappa shape index (κ2) is 11.5. The van der Waals surface area contributed by atoms with E-state index < -0.39 is 15.0 Å². The molecule has 4 aromatic carbocycles. The predicted molar refractivity (Wildman–Crippen MR) is 164 cm³/mol. The van der Waals surface area contributed by atoms with Gasteiger partial charge in [-0.2, -0.15) is 0 Å². The van der Waals surface area contributed by atoms with E-state index in [4.69, 9.17) is 14.2 Å². The number of hydrogen-bond donors (Lipinski definition) is 0. The topological polar surface area (TPSA) is 27.7 Å². The number of benzene rings is 4. The van der Waals surface area contributed by atoms with Crippen molar-refractivity contribution in [3.63, 3.8) is 0 Å². The predicted octanol–water partition coefficient (Wildman–Crippen LogP) is 5.81. The van der Waals surface area contributed by atoms with Crippen LogP contribution in [0.25, 0.3) is 0 Å². The van der Waals surface area contributed by atoms with Crippen LogP contribution in [0.1, 0.15) is 6.92 Å². The summed E-state index contributed by atoms with van der Waals surface area (Å²) in [4.78, 5) is 0. The molecule has 192 valence electrons. The van der Waals surface area contributed by atoms with Crippen molar-refractivity contribution in [1.29, 1.82) is 0 Å². The van der Waals surface area contributed by atoms with E-state index in [2.05, 4.69) is 129 Å². The van der Waals surface area contributed by atoms with Crippen molar-refractivity contribution in [1.82, 2.24) is 0 Å². The minimum absolute atomic E-state index is 0.398. The molecule has 37 heavy (non-hydrogen) atoms. The van der Waals surface area contributed by atoms with E-state index in [1.807, 2.05) is 0 Å². The molecule has 0 aromatic heterocycles. The lowest BCUT2D eigenvalue weighted by Gasteiger charge is -2.35. The van der Waals surface area contributed by atoms with Crippen LogP contribution >= 0.6 is 6.89 Å². The average molecular weight is 529 g/mol. The van der Waals surface area contributed by atoms with Gasteiger partial charge in [-0.25, -0.2) is 0 Å². The smallest absolute Gasteiger partial charge is 0.118 e. The second-order valence-corrected chi connectivity index (χ2v) is 18.1. The zero-order valence-electron chi connectivity index (χ0n) is 22.6. The van der Waals surface area contributed by atoms with Crippen LogP contribution in [-0.2, 0) is 0 Å². The lowest BCUT2D eigenvalue weighted by molar-refractivity contribution is 0.415. The largest absolute Gasteiger partial charge is 0.497 e. The molecule has 0 spiro atoms. The lowest BCUT2D eigenvalue weighted by Crippen LogP contribution is -2.46. The van der Waals surface area contributed by atoms with Crippen molar-refractivity contribution < 1.29 is 14.2 Å². The van der Waals surface area contributed by atoms with Gasteiger partial charge in [-0.05, 0) is 64.7 Å². The fourth-order valence-corrected chi connectivity index (χ4v) is 12.5. The highest BCUT2D eigenvalue weighted by Crippen LogP contribution is 2.47. The Morgan fingerprint density at radius 1 is 0.568 bits per heavy atom. The molecular formula is C32H37O3PSi. The lowest BCUT2D eigenvalue weighted by atomic mass is 10.3. The summed E-state index contributed by atoms with van der Waals surface area (Å²) >= 11 is 0. The summed E-state index contributed by atoms with van der Waals surface area (Å²) in [5.41, 5.74) is 0.398. The maximum Gasteiger partial charge on any atom is 0.118 e. The van der Waals surface area contributed by atoms with Crippen LogP contribution < -0.4 is 35.3 Å². The molecule has 1 unspecified atom stereocenters. The van der Waals surface area contributed by atoms with Gasteiger partial charge in [-0.3, -0.25) is 0 Å². The van der Waals surface area contributed by atoms with Crippen molar-refractivity contribution in [3.8, 4) is 17.2 Å². The van der Waals surface area contributed by atoms with Gasteiger partial charge in [0.05, 0.1) is 29.4 Å². The quantitative estimate of drug-likeness (QED) is 0.203. The molecule has 0 aliphatic rings. The molecule has 0 heterocycles. The number of methoxy groups -OCH3 is 3. The maximum atomic E-state index is 5.52. The zero-order valence-corrected chi connectivity index (χ0v) is 24.5. The molecule has 4 aromatic rings. The van der Waals surface area contributed by atoms with E-state index in [1.165, 1.54) is 21.1 Å². The fourth-order valence-electron chi connectivity index (χ4n) is 4.81. The van der Waals surface area contributed by atoms with Gasteiger partial charge < -0.3 is 14.2 Å². The Bertz CT molecular complexity index is 1220. The number of hydrogen-bond acceptors (Lipinski definition) is 3. The van der Waals surface area contributed by atoms with E-state index in [-0.39, 0.29) is 0 Å². The Hall–Kier alpha value is -3.20. The SMILES string of the molecule is COc1ccc(P(=CC(C)[Si](C)(C)c2ccccc2)(c2ccc(OC)cc2)c2ccc(OC)cc2)cc1. The molecule has 0 fully saturated rings. The van der Waals surface area contributed by atoms with E-state index in [0.717, 1.165) is 17.2 Å². The van der Waals surface area contributed by atoms with E-state index >= 15 is 0 Å². The van der Waals surface area contributed by atoms with Crippen LogP contribution in [0.4, 0.5) is 0 Å². The first-order valence-corrected chi connectivity index (χ1v) is 17.5. The summed E-state index contributed by atoms with van der Waals surface area (Å²) in [5.74, 6) is 5.26. The highest BCUT2D eigenvalue weighted by molar-refractivity contribution is 7.94. The van der Waals surface area contributed by atoms with Crippen LogP contribution in [0.3, 0.4) is 0 Å².